The molecular formula is C19H21BrN2O3. The minimum atomic E-state index is -0.142. The monoisotopic (exact) mass is 404 g/mol. The highest BCUT2D eigenvalue weighted by atomic mass is 79.9. The van der Waals surface area contributed by atoms with Gasteiger partial charge in [-0.15, -0.1) is 0 Å². The van der Waals surface area contributed by atoms with Gasteiger partial charge in [-0.25, -0.2) is 5.43 Å². The Hall–Kier alpha value is -2.34. The number of hydrazone groups is 1. The van der Waals surface area contributed by atoms with Crippen molar-refractivity contribution in [2.45, 2.75) is 19.8 Å². The average Bonchev–Trinajstić information content (AvgIpc) is 2.61. The summed E-state index contributed by atoms with van der Waals surface area (Å²) in [5.74, 6) is 1.42. The van der Waals surface area contributed by atoms with E-state index in [9.17, 15) is 4.79 Å². The van der Waals surface area contributed by atoms with Crippen LogP contribution in [0.3, 0.4) is 0 Å². The van der Waals surface area contributed by atoms with Crippen molar-refractivity contribution in [3.63, 3.8) is 0 Å². The molecule has 0 saturated heterocycles. The predicted molar refractivity (Wildman–Crippen MR) is 102 cm³/mol. The molecule has 1 amide bonds. The van der Waals surface area contributed by atoms with Crippen LogP contribution in [0.25, 0.3) is 0 Å². The maximum atomic E-state index is 11.7. The van der Waals surface area contributed by atoms with Crippen molar-refractivity contribution >= 4 is 28.1 Å². The highest BCUT2D eigenvalue weighted by Gasteiger charge is 2.03. The molecule has 0 atom stereocenters. The molecule has 1 N–H and O–H groups in total. The van der Waals surface area contributed by atoms with E-state index in [4.69, 9.17) is 9.47 Å². The van der Waals surface area contributed by atoms with Crippen LogP contribution in [0, 0.1) is 6.92 Å². The molecule has 2 rings (SSSR count). The van der Waals surface area contributed by atoms with Gasteiger partial charge in [-0.2, -0.15) is 5.10 Å². The second-order valence-electron chi connectivity index (χ2n) is 5.45. The van der Waals surface area contributed by atoms with E-state index in [2.05, 4.69) is 26.5 Å². The van der Waals surface area contributed by atoms with Crippen LogP contribution in [0.4, 0.5) is 0 Å². The van der Waals surface area contributed by atoms with E-state index in [1.54, 1.807) is 13.3 Å². The highest BCUT2D eigenvalue weighted by Crippen LogP contribution is 2.25. The van der Waals surface area contributed by atoms with E-state index in [0.717, 1.165) is 27.1 Å². The molecule has 0 radical (unpaired) electrons. The van der Waals surface area contributed by atoms with E-state index in [-0.39, 0.29) is 5.91 Å². The summed E-state index contributed by atoms with van der Waals surface area (Å²) in [5, 5.41) is 3.94. The van der Waals surface area contributed by atoms with Gasteiger partial charge in [0.2, 0.25) is 5.91 Å². The quantitative estimate of drug-likeness (QED) is 0.409. The second-order valence-corrected chi connectivity index (χ2v) is 6.31. The molecule has 6 heteroatoms. The lowest BCUT2D eigenvalue weighted by Crippen LogP contribution is -2.18. The van der Waals surface area contributed by atoms with Gasteiger partial charge in [0, 0.05) is 6.42 Å². The SMILES string of the molecule is COc1ccc(/C=N/NC(=O)CCCOc2ccc(C)cc2Br)cc1. The largest absolute Gasteiger partial charge is 0.497 e. The highest BCUT2D eigenvalue weighted by molar-refractivity contribution is 9.10. The Morgan fingerprint density at radius 2 is 2.00 bits per heavy atom. The third-order valence-corrected chi connectivity index (χ3v) is 4.03. The van der Waals surface area contributed by atoms with E-state index in [1.807, 2.05) is 49.4 Å². The van der Waals surface area contributed by atoms with E-state index >= 15 is 0 Å². The molecule has 132 valence electrons. The lowest BCUT2D eigenvalue weighted by Gasteiger charge is -2.08. The van der Waals surface area contributed by atoms with Crippen LogP contribution in [0.2, 0.25) is 0 Å². The number of rotatable bonds is 8. The molecule has 0 aliphatic heterocycles. The third-order valence-electron chi connectivity index (χ3n) is 3.41. The Kier molecular flexibility index (Phi) is 7.47. The van der Waals surface area contributed by atoms with Crippen LogP contribution >= 0.6 is 15.9 Å². The molecule has 0 bridgehead atoms. The first-order valence-corrected chi connectivity index (χ1v) is 8.72. The van der Waals surface area contributed by atoms with Gasteiger partial charge in [-0.3, -0.25) is 4.79 Å². The summed E-state index contributed by atoms with van der Waals surface area (Å²) in [5.41, 5.74) is 4.56. The van der Waals surface area contributed by atoms with Crippen LogP contribution in [0.5, 0.6) is 11.5 Å². The number of ether oxygens (including phenoxy) is 2. The normalized spacial score (nSPS) is 10.7. The number of methoxy groups -OCH3 is 1. The Morgan fingerprint density at radius 1 is 1.24 bits per heavy atom. The molecular weight excluding hydrogens is 384 g/mol. The number of aryl methyl sites for hydroxylation is 1. The third kappa shape index (κ3) is 6.58. The first-order chi connectivity index (χ1) is 12.1. The summed E-state index contributed by atoms with van der Waals surface area (Å²) in [4.78, 5) is 11.7. The van der Waals surface area contributed by atoms with Gasteiger partial charge < -0.3 is 9.47 Å². The van der Waals surface area contributed by atoms with Crippen molar-refractivity contribution in [1.82, 2.24) is 5.43 Å². The number of nitrogens with one attached hydrogen (secondary N) is 1. The summed E-state index contributed by atoms with van der Waals surface area (Å²) in [7, 11) is 1.62. The van der Waals surface area contributed by atoms with E-state index < -0.39 is 0 Å². The van der Waals surface area contributed by atoms with Crippen LogP contribution in [-0.4, -0.2) is 25.8 Å². The summed E-state index contributed by atoms with van der Waals surface area (Å²) >= 11 is 3.46. The number of hydrogen-bond acceptors (Lipinski definition) is 4. The molecule has 0 aliphatic carbocycles. The summed E-state index contributed by atoms with van der Waals surface area (Å²) in [6.07, 6.45) is 2.56. The number of carbonyl (C=O) groups is 1. The zero-order valence-corrected chi connectivity index (χ0v) is 15.9. The average molecular weight is 405 g/mol. The van der Waals surface area contributed by atoms with Gasteiger partial charge in [-0.05, 0) is 76.8 Å². The number of carbonyl (C=O) groups excluding carboxylic acids is 1. The van der Waals surface area contributed by atoms with Gasteiger partial charge in [0.15, 0.2) is 0 Å². The Labute approximate surface area is 156 Å². The molecule has 2 aromatic rings. The summed E-state index contributed by atoms with van der Waals surface area (Å²) in [6, 6.07) is 13.3. The zero-order valence-electron chi connectivity index (χ0n) is 14.3. The van der Waals surface area contributed by atoms with Crippen molar-refractivity contribution < 1.29 is 14.3 Å². The van der Waals surface area contributed by atoms with Crippen LogP contribution in [0.1, 0.15) is 24.0 Å². The number of nitrogens with zero attached hydrogens (tertiary/aromatic N) is 1. The smallest absolute Gasteiger partial charge is 0.240 e. The first-order valence-electron chi connectivity index (χ1n) is 7.93. The Morgan fingerprint density at radius 3 is 2.68 bits per heavy atom. The van der Waals surface area contributed by atoms with E-state index in [0.29, 0.717) is 19.4 Å². The number of benzene rings is 2. The minimum absolute atomic E-state index is 0.142. The molecule has 0 unspecified atom stereocenters. The lowest BCUT2D eigenvalue weighted by molar-refractivity contribution is -0.121. The molecule has 25 heavy (non-hydrogen) atoms. The lowest BCUT2D eigenvalue weighted by atomic mass is 10.2. The van der Waals surface area contributed by atoms with Crippen molar-refractivity contribution in [2.24, 2.45) is 5.10 Å². The fourth-order valence-corrected chi connectivity index (χ4v) is 2.67. The molecule has 0 spiro atoms. The van der Waals surface area contributed by atoms with Gasteiger partial charge in [0.25, 0.3) is 0 Å². The van der Waals surface area contributed by atoms with Gasteiger partial charge >= 0.3 is 0 Å². The molecule has 0 aliphatic rings. The maximum absolute atomic E-state index is 11.7. The van der Waals surface area contributed by atoms with Gasteiger partial charge in [0.05, 0.1) is 24.4 Å². The summed E-state index contributed by atoms with van der Waals surface area (Å²) in [6.45, 7) is 2.49. The van der Waals surface area contributed by atoms with Crippen LogP contribution < -0.4 is 14.9 Å². The molecule has 0 fully saturated rings. The standard InChI is InChI=1S/C19H21BrN2O3/c1-14-5-10-18(17(20)12-14)25-11-3-4-19(23)22-21-13-15-6-8-16(24-2)9-7-15/h5-10,12-13H,3-4,11H2,1-2H3,(H,22,23)/b21-13+. The molecule has 5 nitrogen and oxygen atoms in total. The Balaban J connectivity index is 1.67. The minimum Gasteiger partial charge on any atom is -0.497 e. The van der Waals surface area contributed by atoms with Crippen molar-refractivity contribution in [2.75, 3.05) is 13.7 Å². The number of amides is 1. The fourth-order valence-electron chi connectivity index (χ4n) is 2.06. The first kappa shape index (κ1) is 19.0. The van der Waals surface area contributed by atoms with Crippen LogP contribution in [0.15, 0.2) is 52.0 Å². The van der Waals surface area contributed by atoms with E-state index in [1.165, 1.54) is 0 Å². The van der Waals surface area contributed by atoms with Gasteiger partial charge in [0.1, 0.15) is 11.5 Å². The maximum Gasteiger partial charge on any atom is 0.240 e. The second kappa shape index (κ2) is 9.84. The number of halogens is 1. The molecule has 0 saturated carbocycles. The summed E-state index contributed by atoms with van der Waals surface area (Å²) < 4.78 is 11.7. The predicted octanol–water partition coefficient (Wildman–Crippen LogP) is 4.08. The topological polar surface area (TPSA) is 59.9 Å². The molecule has 2 aromatic carbocycles. The van der Waals surface area contributed by atoms with Crippen molar-refractivity contribution in [3.8, 4) is 11.5 Å². The zero-order chi connectivity index (χ0) is 18.1. The fraction of sp³-hybridized carbons (Fsp3) is 0.263. The van der Waals surface area contributed by atoms with Gasteiger partial charge in [-0.1, -0.05) is 6.07 Å². The molecule has 0 aromatic heterocycles. The Bertz CT molecular complexity index is 730. The number of hydrogen-bond donors (Lipinski definition) is 1. The molecule has 0 heterocycles. The van der Waals surface area contributed by atoms with Crippen molar-refractivity contribution in [1.29, 1.82) is 0 Å². The van der Waals surface area contributed by atoms with Crippen molar-refractivity contribution in [3.05, 3.63) is 58.1 Å². The van der Waals surface area contributed by atoms with Crippen LogP contribution in [-0.2, 0) is 4.79 Å².